The van der Waals surface area contributed by atoms with Crippen LogP contribution in [0.25, 0.3) is 10.9 Å². The summed E-state index contributed by atoms with van der Waals surface area (Å²) in [6, 6.07) is 5.85. The third-order valence-corrected chi connectivity index (χ3v) is 7.05. The summed E-state index contributed by atoms with van der Waals surface area (Å²) in [6.45, 7) is 5.59. The van der Waals surface area contributed by atoms with Crippen molar-refractivity contribution < 1.29 is 14.6 Å². The number of aromatic nitrogens is 1. The lowest BCUT2D eigenvalue weighted by Gasteiger charge is -2.40. The molecule has 2 aromatic rings. The van der Waals surface area contributed by atoms with Gasteiger partial charge in [-0.05, 0) is 38.8 Å². The van der Waals surface area contributed by atoms with E-state index in [-0.39, 0.29) is 5.78 Å². The maximum atomic E-state index is 13.6. The van der Waals surface area contributed by atoms with Crippen molar-refractivity contribution in [2.75, 3.05) is 40.3 Å². The highest BCUT2D eigenvalue weighted by atomic mass is 16.5. The lowest BCUT2D eigenvalue weighted by molar-refractivity contribution is -0.0786. The molecule has 4 rings (SSSR count). The summed E-state index contributed by atoms with van der Waals surface area (Å²) < 4.78 is 7.85. The van der Waals surface area contributed by atoms with Gasteiger partial charge < -0.3 is 19.3 Å². The third kappa shape index (κ3) is 4.01. The van der Waals surface area contributed by atoms with Gasteiger partial charge in [0.25, 0.3) is 0 Å². The number of carbonyl (C=O) groups is 1. The molecule has 0 spiro atoms. The molecule has 164 valence electrons. The topological polar surface area (TPSA) is 57.9 Å². The van der Waals surface area contributed by atoms with Crippen molar-refractivity contribution in [3.63, 3.8) is 0 Å². The molecule has 1 aromatic heterocycles. The lowest BCUT2D eigenvalue weighted by Crippen LogP contribution is -2.58. The van der Waals surface area contributed by atoms with Crippen molar-refractivity contribution in [1.82, 2.24) is 14.4 Å². The molecule has 2 heterocycles. The van der Waals surface area contributed by atoms with E-state index in [0.29, 0.717) is 24.6 Å². The fourth-order valence-electron chi connectivity index (χ4n) is 5.10. The first-order valence-electron chi connectivity index (χ1n) is 11.3. The summed E-state index contributed by atoms with van der Waals surface area (Å²) in [5.41, 5.74) is 0.0284. The summed E-state index contributed by atoms with van der Waals surface area (Å²) in [5.74, 6) is 1.18. The largest absolute Gasteiger partial charge is 0.495 e. The zero-order chi connectivity index (χ0) is 21.3. The SMILES string of the molecule is COc1cccc2c(C(=O)C(C)(O)N3CCN(C)CC3)cn(CC3CCCCC3)c12. The number of hydrogen-bond donors (Lipinski definition) is 1. The molecule has 0 amide bonds. The standard InChI is InChI=1S/C24H35N3O3/c1-24(29,27-14-12-25(2)13-15-27)23(28)20-17-26(16-18-8-5-4-6-9-18)22-19(20)10-7-11-21(22)30-3/h7,10-11,17-18,29H,4-6,8-9,12-16H2,1-3H3. The van der Waals surface area contributed by atoms with Gasteiger partial charge in [-0.3, -0.25) is 9.69 Å². The number of methoxy groups -OCH3 is 1. The number of likely N-dealkylation sites (N-methyl/N-ethyl adjacent to an activating group) is 1. The summed E-state index contributed by atoms with van der Waals surface area (Å²) in [6.07, 6.45) is 8.31. The van der Waals surface area contributed by atoms with E-state index in [9.17, 15) is 9.90 Å². The summed E-state index contributed by atoms with van der Waals surface area (Å²) in [5, 5.41) is 12.1. The molecule has 0 bridgehead atoms. The van der Waals surface area contributed by atoms with Crippen LogP contribution >= 0.6 is 0 Å². The predicted octanol–water partition coefficient (Wildman–Crippen LogP) is 3.37. The summed E-state index contributed by atoms with van der Waals surface area (Å²) in [4.78, 5) is 17.7. The van der Waals surface area contributed by atoms with E-state index in [2.05, 4.69) is 16.5 Å². The van der Waals surface area contributed by atoms with Gasteiger partial charge in [0.2, 0.25) is 5.78 Å². The highest BCUT2D eigenvalue weighted by Gasteiger charge is 2.40. The molecule has 30 heavy (non-hydrogen) atoms. The average Bonchev–Trinajstić information content (AvgIpc) is 3.12. The number of nitrogens with zero attached hydrogens (tertiary/aromatic N) is 3. The van der Waals surface area contributed by atoms with Crippen molar-refractivity contribution in [2.24, 2.45) is 5.92 Å². The molecular weight excluding hydrogens is 378 g/mol. The lowest BCUT2D eigenvalue weighted by atomic mass is 9.89. The number of rotatable bonds is 6. The van der Waals surface area contributed by atoms with Crippen LogP contribution < -0.4 is 4.74 Å². The molecule has 1 aromatic carbocycles. The number of Topliss-reactive ketones (excluding diaryl/α,β-unsaturated/α-hetero) is 1. The molecule has 1 unspecified atom stereocenters. The minimum absolute atomic E-state index is 0.229. The van der Waals surface area contributed by atoms with Crippen LogP contribution in [0.15, 0.2) is 24.4 Å². The smallest absolute Gasteiger partial charge is 0.211 e. The zero-order valence-corrected chi connectivity index (χ0v) is 18.6. The van der Waals surface area contributed by atoms with Crippen LogP contribution in [-0.4, -0.2) is 71.3 Å². The van der Waals surface area contributed by atoms with Gasteiger partial charge in [-0.1, -0.05) is 31.4 Å². The Morgan fingerprint density at radius 1 is 1.17 bits per heavy atom. The van der Waals surface area contributed by atoms with Crippen LogP contribution in [0.3, 0.4) is 0 Å². The normalized spacial score (nSPS) is 21.6. The number of fused-ring (bicyclic) bond motifs is 1. The van der Waals surface area contributed by atoms with Crippen LogP contribution in [0.5, 0.6) is 5.75 Å². The Morgan fingerprint density at radius 2 is 1.87 bits per heavy atom. The molecule has 0 radical (unpaired) electrons. The quantitative estimate of drug-likeness (QED) is 0.736. The summed E-state index contributed by atoms with van der Waals surface area (Å²) in [7, 11) is 3.74. The fraction of sp³-hybridized carbons (Fsp3) is 0.625. The molecule has 1 N–H and O–H groups in total. The van der Waals surface area contributed by atoms with E-state index in [1.165, 1.54) is 32.1 Å². The second-order valence-corrected chi connectivity index (χ2v) is 9.20. The van der Waals surface area contributed by atoms with Gasteiger partial charge in [0.15, 0.2) is 5.72 Å². The molecule has 1 aliphatic heterocycles. The van der Waals surface area contributed by atoms with Crippen molar-refractivity contribution in [3.05, 3.63) is 30.0 Å². The Kier molecular flexibility index (Phi) is 6.19. The van der Waals surface area contributed by atoms with Gasteiger partial charge in [-0.2, -0.15) is 0 Å². The Morgan fingerprint density at radius 3 is 2.53 bits per heavy atom. The van der Waals surface area contributed by atoms with Gasteiger partial charge in [-0.25, -0.2) is 0 Å². The van der Waals surface area contributed by atoms with Crippen molar-refractivity contribution in [2.45, 2.75) is 51.3 Å². The van der Waals surface area contributed by atoms with E-state index in [1.54, 1.807) is 14.0 Å². The van der Waals surface area contributed by atoms with Crippen LogP contribution in [0.1, 0.15) is 49.4 Å². The molecule has 1 atom stereocenters. The summed E-state index contributed by atoms with van der Waals surface area (Å²) >= 11 is 0. The Labute approximate surface area is 179 Å². The number of para-hydroxylation sites is 1. The van der Waals surface area contributed by atoms with Crippen LogP contribution in [0, 0.1) is 5.92 Å². The van der Waals surface area contributed by atoms with Crippen LogP contribution in [0.4, 0.5) is 0 Å². The van der Waals surface area contributed by atoms with Gasteiger partial charge >= 0.3 is 0 Å². The van der Waals surface area contributed by atoms with E-state index in [4.69, 9.17) is 4.74 Å². The first-order chi connectivity index (χ1) is 14.4. The number of hydrogen-bond acceptors (Lipinski definition) is 5. The monoisotopic (exact) mass is 413 g/mol. The van der Waals surface area contributed by atoms with E-state index < -0.39 is 5.72 Å². The molecule has 2 fully saturated rings. The highest BCUT2D eigenvalue weighted by molar-refractivity contribution is 6.12. The van der Waals surface area contributed by atoms with Gasteiger partial charge in [0.1, 0.15) is 5.75 Å². The van der Waals surface area contributed by atoms with Crippen LogP contribution in [0.2, 0.25) is 0 Å². The molecule has 6 heteroatoms. The number of aliphatic hydroxyl groups is 1. The molecular formula is C24H35N3O3. The van der Waals surface area contributed by atoms with Gasteiger partial charge in [0.05, 0.1) is 12.6 Å². The molecule has 6 nitrogen and oxygen atoms in total. The molecule has 2 aliphatic rings. The number of ketones is 1. The first kappa shape index (κ1) is 21.3. The molecule has 1 saturated heterocycles. The number of benzene rings is 1. The maximum Gasteiger partial charge on any atom is 0.211 e. The molecule has 1 aliphatic carbocycles. The minimum atomic E-state index is -1.52. The Bertz CT molecular complexity index is 890. The first-order valence-corrected chi connectivity index (χ1v) is 11.3. The van der Waals surface area contributed by atoms with Crippen molar-refractivity contribution >= 4 is 16.7 Å². The van der Waals surface area contributed by atoms with E-state index in [0.717, 1.165) is 36.3 Å². The highest BCUT2D eigenvalue weighted by Crippen LogP contribution is 2.35. The van der Waals surface area contributed by atoms with Crippen molar-refractivity contribution in [3.8, 4) is 5.75 Å². The number of piperazine rings is 1. The third-order valence-electron chi connectivity index (χ3n) is 7.05. The van der Waals surface area contributed by atoms with Gasteiger partial charge in [0, 0.05) is 49.9 Å². The second-order valence-electron chi connectivity index (χ2n) is 9.20. The molecule has 1 saturated carbocycles. The number of ether oxygens (including phenoxy) is 1. The zero-order valence-electron chi connectivity index (χ0n) is 18.6. The van der Waals surface area contributed by atoms with Gasteiger partial charge in [-0.15, -0.1) is 0 Å². The van der Waals surface area contributed by atoms with Crippen molar-refractivity contribution in [1.29, 1.82) is 0 Å². The van der Waals surface area contributed by atoms with Crippen LogP contribution in [-0.2, 0) is 6.54 Å². The van der Waals surface area contributed by atoms with E-state index in [1.807, 2.05) is 29.3 Å². The van der Waals surface area contributed by atoms with E-state index >= 15 is 0 Å². The second kappa shape index (κ2) is 8.69. The fourth-order valence-corrected chi connectivity index (χ4v) is 5.10. The number of carbonyl (C=O) groups excluding carboxylic acids is 1. The Balaban J connectivity index is 1.70. The maximum absolute atomic E-state index is 13.6. The Hall–Kier alpha value is -1.89. The predicted molar refractivity (Wildman–Crippen MR) is 119 cm³/mol. The average molecular weight is 414 g/mol. The minimum Gasteiger partial charge on any atom is -0.495 e.